The van der Waals surface area contributed by atoms with Crippen LogP contribution >= 0.6 is 7.60 Å². The summed E-state index contributed by atoms with van der Waals surface area (Å²) in [6, 6.07) is 1.55. The highest BCUT2D eigenvalue weighted by molar-refractivity contribution is 7.53. The highest BCUT2D eigenvalue weighted by Crippen LogP contribution is 2.50. The van der Waals surface area contributed by atoms with Gasteiger partial charge in [0.1, 0.15) is 24.8 Å². The highest BCUT2D eigenvalue weighted by Gasteiger charge is 2.31. The zero-order valence-electron chi connectivity index (χ0n) is 17.8. The van der Waals surface area contributed by atoms with E-state index in [1.165, 1.54) is 4.57 Å². The molecule has 0 aliphatic heterocycles. The quantitative estimate of drug-likeness (QED) is 0.344. The zero-order valence-corrected chi connectivity index (χ0v) is 19.4. The number of anilines is 1. The first-order valence-electron chi connectivity index (χ1n) is 9.00. The fourth-order valence-corrected chi connectivity index (χ4v) is 4.35. The van der Waals surface area contributed by atoms with Crippen molar-refractivity contribution in [2.24, 2.45) is 0 Å². The number of nitrogens with zero attached hydrogens (tertiary/aromatic N) is 3. The van der Waals surface area contributed by atoms with Crippen molar-refractivity contribution in [3.8, 4) is 0 Å². The maximum atomic E-state index is 13.0. The monoisotopic (exact) mass is 440 g/mol. The third-order valence-corrected chi connectivity index (χ3v) is 5.21. The summed E-state index contributed by atoms with van der Waals surface area (Å²) in [5, 5.41) is 0. The van der Waals surface area contributed by atoms with Crippen LogP contribution in [0, 0.1) is 0 Å². The van der Waals surface area contributed by atoms with Gasteiger partial charge >= 0.3 is 13.3 Å². The van der Waals surface area contributed by atoms with E-state index in [2.05, 4.69) is 4.98 Å². The maximum Gasteiger partial charge on any atom is 0.356 e. The van der Waals surface area contributed by atoms with Crippen LogP contribution in [0.2, 0.25) is 0 Å². The summed E-state index contributed by atoms with van der Waals surface area (Å²) >= 11 is 0. The molecule has 1 rings (SSSR count). The van der Waals surface area contributed by atoms with Crippen molar-refractivity contribution in [3.63, 3.8) is 0 Å². The molecule has 1 atom stereocenters. The standard InChI is InChI=1S/C17H33N4O5P.ClH/c1-13(2)25-27(23,26-14(3)4)12-24-15(11-21(5,6)7)10-20-9-8-16(18)19-17(20)22;/h8-9,13-15H,10-12H2,1-7H3,(H-,18,19,22);1H. The van der Waals surface area contributed by atoms with E-state index < -0.39 is 19.4 Å². The van der Waals surface area contributed by atoms with Crippen molar-refractivity contribution < 1.29 is 35.2 Å². The molecular weight excluding hydrogens is 407 g/mol. The van der Waals surface area contributed by atoms with Crippen LogP contribution in [0.4, 0.5) is 5.82 Å². The molecule has 164 valence electrons. The molecule has 1 aromatic heterocycles. The molecule has 0 saturated carbocycles. The molecule has 0 amide bonds. The average molecular weight is 441 g/mol. The van der Waals surface area contributed by atoms with Gasteiger partial charge in [0.15, 0.2) is 0 Å². The number of rotatable bonds is 11. The molecule has 0 bridgehead atoms. The van der Waals surface area contributed by atoms with Crippen LogP contribution in [0.25, 0.3) is 0 Å². The van der Waals surface area contributed by atoms with E-state index >= 15 is 0 Å². The minimum absolute atomic E-state index is 0. The van der Waals surface area contributed by atoms with E-state index in [1.54, 1.807) is 40.0 Å². The Morgan fingerprint density at radius 3 is 2.14 bits per heavy atom. The third kappa shape index (κ3) is 10.5. The first kappa shape index (κ1) is 27.0. The molecule has 0 aliphatic rings. The summed E-state index contributed by atoms with van der Waals surface area (Å²) in [5.74, 6) is 0.167. The number of nitrogens with two attached hydrogens (primary N) is 1. The molecule has 0 radical (unpaired) electrons. The number of hydrogen-bond acceptors (Lipinski definition) is 7. The Hall–Kier alpha value is -0.960. The Morgan fingerprint density at radius 2 is 1.71 bits per heavy atom. The van der Waals surface area contributed by atoms with Crippen molar-refractivity contribution in [2.45, 2.75) is 52.6 Å². The van der Waals surface area contributed by atoms with Gasteiger partial charge in [-0.15, -0.1) is 0 Å². The molecule has 0 aliphatic carbocycles. The van der Waals surface area contributed by atoms with Gasteiger partial charge in [0, 0.05) is 6.20 Å². The van der Waals surface area contributed by atoms with Crippen LogP contribution in [0.15, 0.2) is 17.1 Å². The Morgan fingerprint density at radius 1 is 1.18 bits per heavy atom. The fourth-order valence-electron chi connectivity index (χ4n) is 2.50. The van der Waals surface area contributed by atoms with Crippen LogP contribution < -0.4 is 23.8 Å². The van der Waals surface area contributed by atoms with Gasteiger partial charge in [-0.3, -0.25) is 9.13 Å². The summed E-state index contributed by atoms with van der Waals surface area (Å²) in [5.41, 5.74) is 5.09. The molecule has 0 spiro atoms. The smallest absolute Gasteiger partial charge is 0.356 e. The van der Waals surface area contributed by atoms with Gasteiger partial charge in [-0.1, -0.05) is 0 Å². The molecule has 0 aromatic carbocycles. The Labute approximate surface area is 173 Å². The number of quaternary nitrogens is 1. The molecule has 1 aromatic rings. The molecule has 0 saturated heterocycles. The number of aromatic nitrogens is 2. The molecule has 1 unspecified atom stereocenters. The Kier molecular flexibility index (Phi) is 10.9. The van der Waals surface area contributed by atoms with Gasteiger partial charge in [-0.2, -0.15) is 4.98 Å². The number of nitrogen functional groups attached to an aromatic ring is 1. The number of ether oxygens (including phenoxy) is 1. The predicted octanol–water partition coefficient (Wildman–Crippen LogP) is -1.08. The zero-order chi connectivity index (χ0) is 20.8. The lowest BCUT2D eigenvalue weighted by molar-refractivity contribution is -0.873. The van der Waals surface area contributed by atoms with E-state index in [0.717, 1.165) is 0 Å². The minimum Gasteiger partial charge on any atom is -1.00 e. The van der Waals surface area contributed by atoms with Crippen molar-refractivity contribution in [1.82, 2.24) is 9.55 Å². The summed E-state index contributed by atoms with van der Waals surface area (Å²) in [7, 11) is 2.60. The Bertz CT molecular complexity index is 692. The lowest BCUT2D eigenvalue weighted by Crippen LogP contribution is -3.00. The Balaban J connectivity index is 0.00000729. The van der Waals surface area contributed by atoms with Gasteiger partial charge in [0.25, 0.3) is 0 Å². The van der Waals surface area contributed by atoms with E-state index in [0.29, 0.717) is 11.0 Å². The third-order valence-electron chi connectivity index (χ3n) is 3.26. The number of hydrogen-bond donors (Lipinski definition) is 1. The fraction of sp³-hybridized carbons (Fsp3) is 0.765. The molecule has 0 fully saturated rings. The number of likely N-dealkylation sites (N-methyl/N-ethyl adjacent to an activating group) is 1. The molecule has 2 N–H and O–H groups in total. The van der Waals surface area contributed by atoms with Gasteiger partial charge in [-0.05, 0) is 33.8 Å². The van der Waals surface area contributed by atoms with Crippen molar-refractivity contribution >= 4 is 13.4 Å². The van der Waals surface area contributed by atoms with Gasteiger partial charge in [-0.25, -0.2) is 4.79 Å². The highest BCUT2D eigenvalue weighted by atomic mass is 35.5. The van der Waals surface area contributed by atoms with Crippen molar-refractivity contribution in [3.05, 3.63) is 22.7 Å². The van der Waals surface area contributed by atoms with Gasteiger partial charge in [0.05, 0.1) is 39.9 Å². The van der Waals surface area contributed by atoms with Gasteiger partial charge in [0.2, 0.25) is 0 Å². The molecular formula is C17H34ClN4O5P. The first-order chi connectivity index (χ1) is 12.3. The molecule has 9 nitrogen and oxygen atoms in total. The first-order valence-corrected chi connectivity index (χ1v) is 10.7. The SMILES string of the molecule is CC(C)OP(=O)(COC(Cn1ccc(N)nc1=O)C[N+](C)(C)C)OC(C)C.[Cl-]. The largest absolute Gasteiger partial charge is 1.00 e. The van der Waals surface area contributed by atoms with Crippen molar-refractivity contribution in [2.75, 3.05) is 39.8 Å². The summed E-state index contributed by atoms with van der Waals surface area (Å²) < 4.78 is 32.0. The molecule has 28 heavy (non-hydrogen) atoms. The van der Waals surface area contributed by atoms with E-state index in [4.69, 9.17) is 19.5 Å². The molecule has 11 heteroatoms. The second-order valence-corrected chi connectivity index (χ2v) is 10.00. The topological polar surface area (TPSA) is 106 Å². The van der Waals surface area contributed by atoms with Gasteiger partial charge < -0.3 is 36.4 Å². The predicted molar refractivity (Wildman–Crippen MR) is 106 cm³/mol. The maximum absolute atomic E-state index is 13.0. The van der Waals surface area contributed by atoms with Crippen LogP contribution in [-0.2, 0) is 24.9 Å². The lowest BCUT2D eigenvalue weighted by atomic mass is 10.3. The molecule has 1 heterocycles. The van der Waals surface area contributed by atoms with Crippen LogP contribution in [0.3, 0.4) is 0 Å². The van der Waals surface area contributed by atoms with Crippen LogP contribution in [0.1, 0.15) is 27.7 Å². The van der Waals surface area contributed by atoms with E-state index in [-0.39, 0.29) is 43.3 Å². The van der Waals surface area contributed by atoms with E-state index in [1.807, 2.05) is 21.1 Å². The second kappa shape index (κ2) is 11.3. The van der Waals surface area contributed by atoms with E-state index in [9.17, 15) is 9.36 Å². The summed E-state index contributed by atoms with van der Waals surface area (Å²) in [6.07, 6.45) is 0.460. The average Bonchev–Trinajstić information content (AvgIpc) is 2.44. The van der Waals surface area contributed by atoms with Crippen molar-refractivity contribution in [1.29, 1.82) is 0 Å². The summed E-state index contributed by atoms with van der Waals surface area (Å²) in [4.78, 5) is 15.8. The second-order valence-electron chi connectivity index (χ2n) is 8.10. The normalized spacial score (nSPS) is 13.6. The minimum atomic E-state index is -3.43. The van der Waals surface area contributed by atoms with Crippen LogP contribution in [-0.4, -0.2) is 66.4 Å². The summed E-state index contributed by atoms with van der Waals surface area (Å²) in [6.45, 7) is 8.00. The number of halogens is 1. The van der Waals surface area contributed by atoms with Crippen LogP contribution in [0.5, 0.6) is 0 Å². The lowest BCUT2D eigenvalue weighted by Gasteiger charge is -2.31.